The number of imidazole rings is 1. The molecule has 0 saturated heterocycles. The molecule has 0 saturated carbocycles. The zero-order chi connectivity index (χ0) is 5.98. The van der Waals surface area contributed by atoms with Crippen LogP contribution in [0.15, 0.2) is 6.20 Å². The van der Waals surface area contributed by atoms with Gasteiger partial charge in [0.2, 0.25) is 0 Å². The largest absolute Gasteiger partial charge is 0.454 e. The first-order valence-electron chi connectivity index (χ1n) is 2.73. The number of hydrogen-bond donors (Lipinski definition) is 0. The second-order valence-corrected chi connectivity index (χ2v) is 1.76. The van der Waals surface area contributed by atoms with Crippen LogP contribution in [0.2, 0.25) is 0 Å². The van der Waals surface area contributed by atoms with Gasteiger partial charge >= 0.3 is 0 Å². The second-order valence-electron chi connectivity index (χ2n) is 1.76. The minimum absolute atomic E-state index is 0. The first kappa shape index (κ1) is 9.31. The first-order valence-corrected chi connectivity index (χ1v) is 2.73. The van der Waals surface area contributed by atoms with E-state index in [1.807, 2.05) is 17.8 Å². The molecule has 0 fully saturated rings. The summed E-state index contributed by atoms with van der Waals surface area (Å²) in [6.07, 6.45) is 5.65. The number of hydrogen-bond acceptors (Lipinski definition) is 1. The topological polar surface area (TPSA) is 17.8 Å². The van der Waals surface area contributed by atoms with Crippen molar-refractivity contribution in [3.63, 3.8) is 0 Å². The Balaban J connectivity index is 0.000000640. The molecule has 1 radical (unpaired) electrons. The fourth-order valence-corrected chi connectivity index (χ4v) is 0.669. The molecule has 1 aromatic rings. The third kappa shape index (κ3) is 2.19. The Labute approximate surface area is 80.5 Å². The molecule has 3 heteroatoms. The molecule has 0 N–H and O–H groups in total. The van der Waals surface area contributed by atoms with E-state index in [-0.39, 0.29) is 32.7 Å². The molecule has 0 amide bonds. The molecule has 0 spiro atoms. The first-order chi connectivity index (χ1) is 3.84. The van der Waals surface area contributed by atoms with Crippen LogP contribution in [0.3, 0.4) is 0 Å². The van der Waals surface area contributed by atoms with Crippen molar-refractivity contribution in [1.82, 2.24) is 9.55 Å². The van der Waals surface area contributed by atoms with Gasteiger partial charge in [0, 0.05) is 39.0 Å². The monoisotopic (exact) mass is 198 g/mol. The molecule has 0 atom stereocenters. The number of aromatic nitrogens is 2. The molecular formula is C6H9N2Y-. The maximum atomic E-state index is 3.83. The Morgan fingerprint density at radius 3 is 2.67 bits per heavy atom. The molecule has 0 aliphatic carbocycles. The summed E-state index contributed by atoms with van der Waals surface area (Å²) < 4.78 is 1.90. The summed E-state index contributed by atoms with van der Waals surface area (Å²) in [4.78, 5) is 3.83. The fraction of sp³-hybridized carbons (Fsp3) is 0.500. The van der Waals surface area contributed by atoms with Crippen LogP contribution in [0.4, 0.5) is 0 Å². The summed E-state index contributed by atoms with van der Waals surface area (Å²) >= 11 is 0. The van der Waals surface area contributed by atoms with Gasteiger partial charge in [0.1, 0.15) is 0 Å². The third-order valence-corrected chi connectivity index (χ3v) is 1.21. The van der Waals surface area contributed by atoms with Crippen LogP contribution in [0.1, 0.15) is 12.6 Å². The maximum absolute atomic E-state index is 3.83. The molecular weight excluding hydrogens is 189 g/mol. The van der Waals surface area contributed by atoms with Crippen molar-refractivity contribution in [1.29, 1.82) is 0 Å². The molecule has 1 heterocycles. The van der Waals surface area contributed by atoms with Crippen LogP contribution in [-0.4, -0.2) is 9.55 Å². The Morgan fingerprint density at radius 1 is 1.78 bits per heavy atom. The van der Waals surface area contributed by atoms with Crippen molar-refractivity contribution in [2.75, 3.05) is 0 Å². The number of aryl methyl sites for hydroxylation is 2. The summed E-state index contributed by atoms with van der Waals surface area (Å²) in [6, 6.07) is 0. The summed E-state index contributed by atoms with van der Waals surface area (Å²) in [5.74, 6) is 0. The molecule has 0 bridgehead atoms. The molecule has 9 heavy (non-hydrogen) atoms. The normalized spacial score (nSPS) is 8.67. The molecule has 2 nitrogen and oxygen atoms in total. The Kier molecular flexibility index (Phi) is 4.33. The Morgan fingerprint density at radius 2 is 2.44 bits per heavy atom. The predicted molar refractivity (Wildman–Crippen MR) is 31.4 cm³/mol. The van der Waals surface area contributed by atoms with Crippen LogP contribution in [0, 0.1) is 6.33 Å². The Bertz CT molecular complexity index is 171. The van der Waals surface area contributed by atoms with Crippen molar-refractivity contribution >= 4 is 0 Å². The number of rotatable bonds is 1. The molecule has 0 aliphatic heterocycles. The molecule has 0 unspecified atom stereocenters. The maximum Gasteiger partial charge on any atom is 0.000411 e. The van der Waals surface area contributed by atoms with E-state index in [2.05, 4.69) is 18.2 Å². The summed E-state index contributed by atoms with van der Waals surface area (Å²) in [5, 5.41) is 0. The summed E-state index contributed by atoms with van der Waals surface area (Å²) in [6.45, 7) is 2.10. The minimum atomic E-state index is 0. The molecule has 1 rings (SSSR count). The van der Waals surface area contributed by atoms with Crippen LogP contribution < -0.4 is 0 Å². The van der Waals surface area contributed by atoms with Crippen LogP contribution in [0.25, 0.3) is 0 Å². The molecule has 0 aliphatic rings. The van der Waals surface area contributed by atoms with E-state index in [0.29, 0.717) is 0 Å². The van der Waals surface area contributed by atoms with Crippen molar-refractivity contribution in [2.24, 2.45) is 7.05 Å². The van der Waals surface area contributed by atoms with E-state index >= 15 is 0 Å². The number of nitrogens with zero attached hydrogens (tertiary/aromatic N) is 2. The van der Waals surface area contributed by atoms with E-state index in [4.69, 9.17) is 0 Å². The average molecular weight is 198 g/mol. The summed E-state index contributed by atoms with van der Waals surface area (Å²) in [7, 11) is 1.95. The van der Waals surface area contributed by atoms with Gasteiger partial charge in [-0.25, -0.2) is 0 Å². The van der Waals surface area contributed by atoms with Crippen molar-refractivity contribution in [3.05, 3.63) is 18.2 Å². The predicted octanol–water partition coefficient (Wildman–Crippen LogP) is 0.780. The van der Waals surface area contributed by atoms with Gasteiger partial charge in [-0.05, 0) is 7.05 Å². The quantitative estimate of drug-likeness (QED) is 0.609. The zero-order valence-electron chi connectivity index (χ0n) is 5.76. The van der Waals surface area contributed by atoms with Gasteiger partial charge in [0.25, 0.3) is 0 Å². The van der Waals surface area contributed by atoms with Gasteiger partial charge in [-0.3, -0.25) is 0 Å². The minimum Gasteiger partial charge on any atom is -0.454 e. The van der Waals surface area contributed by atoms with Crippen LogP contribution in [0.5, 0.6) is 0 Å². The molecule has 47 valence electrons. The van der Waals surface area contributed by atoms with Gasteiger partial charge in [0.15, 0.2) is 0 Å². The van der Waals surface area contributed by atoms with E-state index in [1.54, 1.807) is 0 Å². The smallest absolute Gasteiger partial charge is 0.000411 e. The molecule has 0 aromatic carbocycles. The molecule has 1 aromatic heterocycles. The van der Waals surface area contributed by atoms with Crippen molar-refractivity contribution in [2.45, 2.75) is 13.3 Å². The van der Waals surface area contributed by atoms with Gasteiger partial charge < -0.3 is 9.55 Å². The Hall–Kier alpha value is 0.314. The van der Waals surface area contributed by atoms with E-state index in [0.717, 1.165) is 6.42 Å². The second kappa shape index (κ2) is 4.18. The summed E-state index contributed by atoms with van der Waals surface area (Å²) in [5.41, 5.74) is 1.23. The van der Waals surface area contributed by atoms with Crippen LogP contribution >= 0.6 is 0 Å². The SMILES string of the molecule is CCc1cn[c-]n1C.[Y]. The van der Waals surface area contributed by atoms with Crippen molar-refractivity contribution in [3.8, 4) is 0 Å². The van der Waals surface area contributed by atoms with Gasteiger partial charge in [-0.2, -0.15) is 0 Å². The van der Waals surface area contributed by atoms with Crippen LogP contribution in [-0.2, 0) is 46.2 Å². The fourth-order valence-electron chi connectivity index (χ4n) is 0.669. The van der Waals surface area contributed by atoms with Gasteiger partial charge in [0.05, 0.1) is 0 Å². The van der Waals surface area contributed by atoms with E-state index in [9.17, 15) is 0 Å². The van der Waals surface area contributed by atoms with E-state index < -0.39 is 0 Å². The third-order valence-electron chi connectivity index (χ3n) is 1.21. The average Bonchev–Trinajstić information content (AvgIpc) is 2.14. The van der Waals surface area contributed by atoms with Gasteiger partial charge in [-0.15, -0.1) is 11.9 Å². The van der Waals surface area contributed by atoms with Crippen molar-refractivity contribution < 1.29 is 32.7 Å². The standard InChI is InChI=1S/C6H9N2.Y/c1-3-6-4-7-5-8(6)2;/h4H,3H2,1-2H3;/q-1;. The van der Waals surface area contributed by atoms with Gasteiger partial charge in [-0.1, -0.05) is 13.3 Å². The zero-order valence-corrected chi connectivity index (χ0v) is 8.59. The van der Waals surface area contributed by atoms with E-state index in [1.165, 1.54) is 5.69 Å².